The molecule has 1 aromatic rings. The summed E-state index contributed by atoms with van der Waals surface area (Å²) < 4.78 is 0. The normalized spacial score (nSPS) is 19.0. The Morgan fingerprint density at radius 3 is 2.08 bits per heavy atom. The van der Waals surface area contributed by atoms with E-state index >= 15 is 0 Å². The van der Waals surface area contributed by atoms with E-state index in [9.17, 15) is 9.59 Å². The summed E-state index contributed by atoms with van der Waals surface area (Å²) in [4.78, 5) is 28.8. The van der Waals surface area contributed by atoms with Crippen molar-refractivity contribution in [2.45, 2.75) is 6.92 Å². The highest BCUT2D eigenvalue weighted by Crippen LogP contribution is 2.26. The van der Waals surface area contributed by atoms with Crippen molar-refractivity contribution in [1.29, 1.82) is 0 Å². The minimum atomic E-state index is -0.172. The van der Waals surface area contributed by atoms with Gasteiger partial charge in [0.25, 0.3) is 5.91 Å². The molecule has 2 amide bonds. The van der Waals surface area contributed by atoms with Crippen molar-refractivity contribution in [1.82, 2.24) is 15.1 Å². The molecule has 0 spiro atoms. The first-order valence-electron chi connectivity index (χ1n) is 8.22. The van der Waals surface area contributed by atoms with Crippen molar-refractivity contribution >= 4 is 47.4 Å². The predicted octanol–water partition coefficient (Wildman–Crippen LogP) is 2.56. The van der Waals surface area contributed by atoms with Crippen LogP contribution in [-0.4, -0.2) is 60.9 Å². The van der Waals surface area contributed by atoms with Gasteiger partial charge in [0, 0.05) is 32.1 Å². The molecule has 2 aliphatic rings. The Labute approximate surface area is 164 Å². The van der Waals surface area contributed by atoms with Crippen LogP contribution in [0.4, 0.5) is 0 Å². The van der Waals surface area contributed by atoms with Crippen LogP contribution in [0, 0.1) is 11.8 Å². The second kappa shape index (κ2) is 8.58. The second-order valence-electron chi connectivity index (χ2n) is 6.42. The van der Waals surface area contributed by atoms with Crippen LogP contribution in [-0.2, 0) is 4.79 Å². The number of nitrogens with one attached hydrogen (secondary N) is 1. The smallest absolute Gasteiger partial charge is 0.257 e. The van der Waals surface area contributed by atoms with Gasteiger partial charge in [-0.05, 0) is 31.1 Å². The number of halogens is 3. The van der Waals surface area contributed by atoms with Crippen LogP contribution in [0.15, 0.2) is 18.2 Å². The first-order chi connectivity index (χ1) is 11.5. The van der Waals surface area contributed by atoms with Gasteiger partial charge < -0.3 is 15.1 Å². The first-order valence-corrected chi connectivity index (χ1v) is 8.97. The summed E-state index contributed by atoms with van der Waals surface area (Å²) in [5.41, 5.74) is 0.342. The lowest BCUT2D eigenvalue weighted by Gasteiger charge is -2.39. The zero-order valence-electron chi connectivity index (χ0n) is 14.0. The predicted molar refractivity (Wildman–Crippen MR) is 102 cm³/mol. The maximum absolute atomic E-state index is 12.7. The van der Waals surface area contributed by atoms with E-state index in [4.69, 9.17) is 23.2 Å². The maximum Gasteiger partial charge on any atom is 0.257 e. The number of benzene rings is 1. The molecular weight excluding hydrogens is 385 g/mol. The first kappa shape index (κ1) is 20.3. The molecule has 0 saturated carbocycles. The molecule has 0 bridgehead atoms. The van der Waals surface area contributed by atoms with E-state index in [1.807, 2.05) is 11.8 Å². The summed E-state index contributed by atoms with van der Waals surface area (Å²) in [5, 5.41) is 3.92. The highest BCUT2D eigenvalue weighted by Gasteiger charge is 2.34. The minimum absolute atomic E-state index is 0. The van der Waals surface area contributed by atoms with Crippen LogP contribution in [0.1, 0.15) is 17.3 Å². The van der Waals surface area contributed by atoms with E-state index < -0.39 is 0 Å². The van der Waals surface area contributed by atoms with E-state index in [1.54, 1.807) is 23.1 Å². The molecule has 1 unspecified atom stereocenters. The molecule has 2 fully saturated rings. The third-order valence-electron chi connectivity index (χ3n) is 4.96. The summed E-state index contributed by atoms with van der Waals surface area (Å²) in [5.74, 6) is 0.476. The van der Waals surface area contributed by atoms with Gasteiger partial charge >= 0.3 is 0 Å². The van der Waals surface area contributed by atoms with Crippen molar-refractivity contribution in [3.8, 4) is 0 Å². The quantitative estimate of drug-likeness (QED) is 0.839. The lowest BCUT2D eigenvalue weighted by atomic mass is 9.88. The molecule has 25 heavy (non-hydrogen) atoms. The fourth-order valence-corrected chi connectivity index (χ4v) is 3.70. The van der Waals surface area contributed by atoms with Gasteiger partial charge in [0.2, 0.25) is 5.91 Å². The third kappa shape index (κ3) is 4.22. The maximum atomic E-state index is 12.7. The number of nitrogens with zero attached hydrogens (tertiary/aromatic N) is 2. The van der Waals surface area contributed by atoms with Crippen molar-refractivity contribution in [2.75, 3.05) is 39.3 Å². The SMILES string of the molecule is CC(C(=O)N1CCN(C(=O)c2c(Cl)cccc2Cl)CC1)C1CNC1.Cl. The number of hydrogen-bond acceptors (Lipinski definition) is 3. The van der Waals surface area contributed by atoms with Gasteiger partial charge in [0.15, 0.2) is 0 Å². The Balaban J connectivity index is 0.00000225. The molecule has 2 heterocycles. The Bertz CT molecular complexity index is 624. The monoisotopic (exact) mass is 405 g/mol. The third-order valence-corrected chi connectivity index (χ3v) is 5.59. The van der Waals surface area contributed by atoms with Gasteiger partial charge in [-0.25, -0.2) is 0 Å². The van der Waals surface area contributed by atoms with Crippen LogP contribution in [0.3, 0.4) is 0 Å². The number of amides is 2. The highest BCUT2D eigenvalue weighted by molar-refractivity contribution is 6.39. The second-order valence-corrected chi connectivity index (χ2v) is 7.24. The van der Waals surface area contributed by atoms with Crippen LogP contribution >= 0.6 is 35.6 Å². The molecule has 1 N–H and O–H groups in total. The van der Waals surface area contributed by atoms with Crippen molar-refractivity contribution in [2.24, 2.45) is 11.8 Å². The molecule has 0 aromatic heterocycles. The van der Waals surface area contributed by atoms with Crippen molar-refractivity contribution in [3.05, 3.63) is 33.8 Å². The van der Waals surface area contributed by atoms with Gasteiger partial charge in [0.1, 0.15) is 0 Å². The number of hydrogen-bond donors (Lipinski definition) is 1. The summed E-state index contributed by atoms with van der Waals surface area (Å²) in [6.07, 6.45) is 0. The largest absolute Gasteiger partial charge is 0.339 e. The topological polar surface area (TPSA) is 52.7 Å². The lowest BCUT2D eigenvalue weighted by Crippen LogP contribution is -2.55. The van der Waals surface area contributed by atoms with Crippen LogP contribution in [0.25, 0.3) is 0 Å². The van der Waals surface area contributed by atoms with Crippen LogP contribution in [0.2, 0.25) is 10.0 Å². The molecule has 0 aliphatic carbocycles. The molecular formula is C17H22Cl3N3O2. The van der Waals surface area contributed by atoms with E-state index in [2.05, 4.69) is 5.32 Å². The van der Waals surface area contributed by atoms with E-state index in [1.165, 1.54) is 0 Å². The van der Waals surface area contributed by atoms with Crippen molar-refractivity contribution in [3.63, 3.8) is 0 Å². The zero-order chi connectivity index (χ0) is 17.3. The fraction of sp³-hybridized carbons (Fsp3) is 0.529. The summed E-state index contributed by atoms with van der Waals surface area (Å²) in [6, 6.07) is 5.04. The summed E-state index contributed by atoms with van der Waals surface area (Å²) >= 11 is 12.2. The van der Waals surface area contributed by atoms with Crippen LogP contribution in [0.5, 0.6) is 0 Å². The number of carbonyl (C=O) groups excluding carboxylic acids is 2. The van der Waals surface area contributed by atoms with Crippen molar-refractivity contribution < 1.29 is 9.59 Å². The number of carbonyl (C=O) groups is 2. The Morgan fingerprint density at radius 1 is 1.08 bits per heavy atom. The molecule has 3 rings (SSSR count). The van der Waals surface area contributed by atoms with E-state index in [0.717, 1.165) is 13.1 Å². The summed E-state index contributed by atoms with van der Waals surface area (Å²) in [6.45, 7) is 5.93. The van der Waals surface area contributed by atoms with Crippen LogP contribution < -0.4 is 5.32 Å². The fourth-order valence-electron chi connectivity index (χ4n) is 3.14. The Morgan fingerprint density at radius 2 is 1.60 bits per heavy atom. The summed E-state index contributed by atoms with van der Waals surface area (Å²) in [7, 11) is 0. The molecule has 1 aromatic carbocycles. The van der Waals surface area contributed by atoms with Gasteiger partial charge in [-0.15, -0.1) is 12.4 Å². The van der Waals surface area contributed by atoms with Gasteiger partial charge in [-0.3, -0.25) is 9.59 Å². The van der Waals surface area contributed by atoms with E-state index in [-0.39, 0.29) is 30.1 Å². The zero-order valence-corrected chi connectivity index (χ0v) is 16.3. The molecule has 0 radical (unpaired) electrons. The molecule has 2 saturated heterocycles. The van der Waals surface area contributed by atoms with Gasteiger partial charge in [-0.1, -0.05) is 36.2 Å². The molecule has 1 atom stereocenters. The Kier molecular flexibility index (Phi) is 6.97. The highest BCUT2D eigenvalue weighted by atomic mass is 35.5. The van der Waals surface area contributed by atoms with Gasteiger partial charge in [-0.2, -0.15) is 0 Å². The lowest BCUT2D eigenvalue weighted by molar-refractivity contribution is -0.138. The minimum Gasteiger partial charge on any atom is -0.339 e. The molecule has 138 valence electrons. The Hall–Kier alpha value is -1.01. The molecule has 8 heteroatoms. The average molecular weight is 407 g/mol. The average Bonchev–Trinajstić information content (AvgIpc) is 2.52. The molecule has 2 aliphatic heterocycles. The standard InChI is InChI=1S/C17H21Cl2N3O2.ClH/c1-11(12-9-20-10-12)16(23)21-5-7-22(8-6-21)17(24)15-13(18)3-2-4-14(15)19;/h2-4,11-12,20H,5-10H2,1H3;1H. The number of rotatable bonds is 3. The van der Waals surface area contributed by atoms with Gasteiger partial charge in [0.05, 0.1) is 15.6 Å². The van der Waals surface area contributed by atoms with E-state index in [0.29, 0.717) is 47.7 Å². The molecule has 5 nitrogen and oxygen atoms in total. The number of piperazine rings is 1.